The summed E-state index contributed by atoms with van der Waals surface area (Å²) in [5.74, 6) is -0.0162. The van der Waals surface area contributed by atoms with E-state index in [-0.39, 0.29) is 27.8 Å². The van der Waals surface area contributed by atoms with Crippen molar-refractivity contribution in [1.82, 2.24) is 14.5 Å². The second-order valence-electron chi connectivity index (χ2n) is 6.86. The van der Waals surface area contributed by atoms with Crippen molar-refractivity contribution in [1.29, 1.82) is 0 Å². The zero-order valence-corrected chi connectivity index (χ0v) is 16.7. The number of carbonyl (C=O) groups excluding carboxylic acids is 1. The van der Waals surface area contributed by atoms with Gasteiger partial charge in [-0.3, -0.25) is 4.79 Å². The lowest BCUT2D eigenvalue weighted by Gasteiger charge is -2.31. The Balaban J connectivity index is 2.28. The summed E-state index contributed by atoms with van der Waals surface area (Å²) in [4.78, 5) is 14.5. The maximum absolute atomic E-state index is 12.9. The predicted octanol–water partition coefficient (Wildman–Crippen LogP) is 2.05. The zero-order chi connectivity index (χ0) is 18.8. The van der Waals surface area contributed by atoms with E-state index in [1.54, 1.807) is 6.07 Å². The molecule has 0 unspecified atom stereocenters. The van der Waals surface area contributed by atoms with Crippen molar-refractivity contribution in [2.45, 2.75) is 31.7 Å². The van der Waals surface area contributed by atoms with Crippen LogP contribution < -0.4 is 5.32 Å². The quantitative estimate of drug-likeness (QED) is 0.839. The summed E-state index contributed by atoms with van der Waals surface area (Å²) in [7, 11) is -1.77. The smallest absolute Gasteiger partial charge is 0.251 e. The van der Waals surface area contributed by atoms with Crippen molar-refractivity contribution in [3.63, 3.8) is 0 Å². The van der Waals surface area contributed by atoms with Crippen LogP contribution in [0.15, 0.2) is 23.1 Å². The van der Waals surface area contributed by atoms with E-state index in [9.17, 15) is 13.2 Å². The molecule has 1 aromatic carbocycles. The number of nitrogens with zero attached hydrogens (tertiary/aromatic N) is 2. The molecule has 1 aliphatic rings. The van der Waals surface area contributed by atoms with Gasteiger partial charge in [0.05, 0.1) is 5.02 Å². The van der Waals surface area contributed by atoms with E-state index < -0.39 is 10.0 Å². The van der Waals surface area contributed by atoms with Gasteiger partial charge in [-0.25, -0.2) is 8.42 Å². The molecule has 1 fully saturated rings. The van der Waals surface area contributed by atoms with Crippen LogP contribution in [0, 0.1) is 5.92 Å². The molecule has 1 N–H and O–H groups in total. The number of rotatable bonds is 5. The van der Waals surface area contributed by atoms with Gasteiger partial charge < -0.3 is 10.2 Å². The van der Waals surface area contributed by atoms with Gasteiger partial charge in [0.1, 0.15) is 4.90 Å². The first kappa shape index (κ1) is 20.2. The summed E-state index contributed by atoms with van der Waals surface area (Å²) in [5, 5.41) is 3.01. The second-order valence-corrected chi connectivity index (χ2v) is 9.17. The van der Waals surface area contributed by atoms with Crippen LogP contribution in [0.1, 0.15) is 31.1 Å². The van der Waals surface area contributed by atoms with E-state index in [4.69, 9.17) is 11.6 Å². The Bertz CT molecular complexity index is 729. The summed E-state index contributed by atoms with van der Waals surface area (Å²) in [6, 6.07) is 4.38. The molecule has 1 saturated heterocycles. The molecule has 140 valence electrons. The Kier molecular flexibility index (Phi) is 6.48. The number of amides is 1. The van der Waals surface area contributed by atoms with Gasteiger partial charge in [-0.1, -0.05) is 25.4 Å². The Labute approximate surface area is 155 Å². The molecule has 8 heteroatoms. The standard InChI is InChI=1S/C17H26ClN3O3S/c1-12(2)13(3)19-17(22)14-5-6-15(18)16(11-14)25(23,24)21-9-7-20(4)8-10-21/h5-6,11-13H,7-10H2,1-4H3,(H,19,22)/t13-/m1/s1. The monoisotopic (exact) mass is 387 g/mol. The van der Waals surface area contributed by atoms with Gasteiger partial charge in [-0.05, 0) is 38.1 Å². The van der Waals surface area contributed by atoms with Crippen molar-refractivity contribution >= 4 is 27.5 Å². The highest BCUT2D eigenvalue weighted by Gasteiger charge is 2.30. The molecule has 0 radical (unpaired) electrons. The van der Waals surface area contributed by atoms with Crippen LogP contribution in [-0.2, 0) is 10.0 Å². The Morgan fingerprint density at radius 1 is 1.16 bits per heavy atom. The number of likely N-dealkylation sites (N-methyl/N-ethyl adjacent to an activating group) is 1. The molecule has 1 heterocycles. The molecule has 2 rings (SSSR count). The minimum atomic E-state index is -3.72. The Morgan fingerprint density at radius 2 is 1.76 bits per heavy atom. The lowest BCUT2D eigenvalue weighted by Crippen LogP contribution is -2.47. The van der Waals surface area contributed by atoms with Crippen LogP contribution in [0.3, 0.4) is 0 Å². The first-order chi connectivity index (χ1) is 11.6. The lowest BCUT2D eigenvalue weighted by molar-refractivity contribution is 0.0930. The van der Waals surface area contributed by atoms with Gasteiger partial charge in [-0.15, -0.1) is 0 Å². The molecular weight excluding hydrogens is 362 g/mol. The largest absolute Gasteiger partial charge is 0.349 e. The van der Waals surface area contributed by atoms with Crippen molar-refractivity contribution < 1.29 is 13.2 Å². The van der Waals surface area contributed by atoms with Crippen LogP contribution in [0.4, 0.5) is 0 Å². The van der Waals surface area contributed by atoms with Crippen molar-refractivity contribution in [2.24, 2.45) is 5.92 Å². The number of halogens is 1. The van der Waals surface area contributed by atoms with Gasteiger partial charge in [0.15, 0.2) is 0 Å². The Hall–Kier alpha value is -1.15. The average Bonchev–Trinajstić information content (AvgIpc) is 2.55. The van der Waals surface area contributed by atoms with E-state index in [1.165, 1.54) is 16.4 Å². The Morgan fingerprint density at radius 3 is 2.32 bits per heavy atom. The van der Waals surface area contributed by atoms with Crippen molar-refractivity contribution in [2.75, 3.05) is 33.2 Å². The van der Waals surface area contributed by atoms with Gasteiger partial charge >= 0.3 is 0 Å². The fourth-order valence-electron chi connectivity index (χ4n) is 2.47. The molecule has 1 aliphatic heterocycles. The van der Waals surface area contributed by atoms with Crippen molar-refractivity contribution in [3.8, 4) is 0 Å². The van der Waals surface area contributed by atoms with E-state index >= 15 is 0 Å². The number of hydrogen-bond donors (Lipinski definition) is 1. The van der Waals surface area contributed by atoms with E-state index in [2.05, 4.69) is 10.2 Å². The van der Waals surface area contributed by atoms with Gasteiger partial charge in [0.2, 0.25) is 10.0 Å². The third kappa shape index (κ3) is 4.73. The zero-order valence-electron chi connectivity index (χ0n) is 15.1. The maximum Gasteiger partial charge on any atom is 0.251 e. The van der Waals surface area contributed by atoms with E-state index in [1.807, 2.05) is 27.8 Å². The minimum absolute atomic E-state index is 0.0106. The molecule has 0 spiro atoms. The highest BCUT2D eigenvalue weighted by atomic mass is 35.5. The molecule has 1 amide bonds. The number of sulfonamides is 1. The third-order valence-corrected chi connectivity index (χ3v) is 7.01. The molecule has 0 saturated carbocycles. The first-order valence-electron chi connectivity index (χ1n) is 8.42. The number of nitrogens with one attached hydrogen (secondary N) is 1. The highest BCUT2D eigenvalue weighted by Crippen LogP contribution is 2.26. The highest BCUT2D eigenvalue weighted by molar-refractivity contribution is 7.89. The van der Waals surface area contributed by atoms with Gasteiger partial charge in [-0.2, -0.15) is 4.31 Å². The number of piperazine rings is 1. The fourth-order valence-corrected chi connectivity index (χ4v) is 4.39. The SMILES string of the molecule is CC(C)[C@@H](C)NC(=O)c1ccc(Cl)c(S(=O)(=O)N2CCN(C)CC2)c1. The number of carbonyl (C=O) groups is 1. The lowest BCUT2D eigenvalue weighted by atomic mass is 10.1. The van der Waals surface area contributed by atoms with Crippen LogP contribution in [0.5, 0.6) is 0 Å². The normalized spacial score (nSPS) is 18.3. The molecule has 0 bridgehead atoms. The predicted molar refractivity (Wildman–Crippen MR) is 99.5 cm³/mol. The van der Waals surface area contributed by atoms with Crippen LogP contribution in [-0.4, -0.2) is 62.8 Å². The minimum Gasteiger partial charge on any atom is -0.349 e. The topological polar surface area (TPSA) is 69.7 Å². The van der Waals surface area contributed by atoms with Crippen LogP contribution in [0.2, 0.25) is 5.02 Å². The summed E-state index contributed by atoms with van der Waals surface area (Å²) in [5.41, 5.74) is 0.296. The summed E-state index contributed by atoms with van der Waals surface area (Å²) in [6.07, 6.45) is 0. The molecule has 25 heavy (non-hydrogen) atoms. The van der Waals surface area contributed by atoms with Crippen LogP contribution in [0.25, 0.3) is 0 Å². The maximum atomic E-state index is 12.9. The molecular formula is C17H26ClN3O3S. The number of benzene rings is 1. The summed E-state index contributed by atoms with van der Waals surface area (Å²) < 4.78 is 27.2. The summed E-state index contributed by atoms with van der Waals surface area (Å²) >= 11 is 6.14. The molecule has 6 nitrogen and oxygen atoms in total. The molecule has 1 atom stereocenters. The third-order valence-electron chi connectivity index (χ3n) is 4.63. The van der Waals surface area contributed by atoms with E-state index in [0.717, 1.165) is 0 Å². The van der Waals surface area contributed by atoms with Crippen LogP contribution >= 0.6 is 11.6 Å². The number of hydrogen-bond acceptors (Lipinski definition) is 4. The first-order valence-corrected chi connectivity index (χ1v) is 10.2. The second kappa shape index (κ2) is 8.03. The van der Waals surface area contributed by atoms with E-state index in [0.29, 0.717) is 31.7 Å². The van der Waals surface area contributed by atoms with Gasteiger partial charge in [0, 0.05) is 37.8 Å². The summed E-state index contributed by atoms with van der Waals surface area (Å²) in [6.45, 7) is 8.10. The molecule has 1 aromatic rings. The molecule has 0 aliphatic carbocycles. The molecule has 0 aromatic heterocycles. The van der Waals surface area contributed by atoms with Crippen molar-refractivity contribution in [3.05, 3.63) is 28.8 Å². The van der Waals surface area contributed by atoms with Gasteiger partial charge in [0.25, 0.3) is 5.91 Å². The average molecular weight is 388 g/mol. The fraction of sp³-hybridized carbons (Fsp3) is 0.588.